The molecule has 0 fully saturated rings. The van der Waals surface area contributed by atoms with Gasteiger partial charge in [0, 0.05) is 6.07 Å². The van der Waals surface area contributed by atoms with E-state index in [1.807, 2.05) is 0 Å². The first-order chi connectivity index (χ1) is 9.08. The van der Waals surface area contributed by atoms with Gasteiger partial charge < -0.3 is 14.9 Å². The molecule has 0 unspecified atom stereocenters. The Balaban J connectivity index is 2.10. The molecule has 98 valence electrons. The number of carbonyl (C=O) groups is 2. The summed E-state index contributed by atoms with van der Waals surface area (Å²) in [5.41, 5.74) is 0.801. The van der Waals surface area contributed by atoms with Crippen LogP contribution < -0.4 is 5.32 Å². The number of hydrogen-bond acceptors (Lipinski definition) is 4. The van der Waals surface area contributed by atoms with Crippen molar-refractivity contribution >= 4 is 11.9 Å². The highest BCUT2D eigenvalue weighted by Gasteiger charge is 2.15. The van der Waals surface area contributed by atoms with Gasteiger partial charge in [0.15, 0.2) is 5.76 Å². The van der Waals surface area contributed by atoms with Crippen LogP contribution in [0.5, 0.6) is 0 Å². The molecule has 0 atom stereocenters. The van der Waals surface area contributed by atoms with Gasteiger partial charge in [-0.15, -0.1) is 0 Å². The highest BCUT2D eigenvalue weighted by molar-refractivity contribution is 6.04. The van der Waals surface area contributed by atoms with Crippen molar-refractivity contribution in [1.82, 2.24) is 10.5 Å². The number of hydrogen-bond donors (Lipinski definition) is 2. The van der Waals surface area contributed by atoms with Crippen LogP contribution in [-0.2, 0) is 6.54 Å². The number of rotatable bonds is 4. The molecule has 0 saturated heterocycles. The lowest BCUT2D eigenvalue weighted by Crippen LogP contribution is -2.24. The Kier molecular flexibility index (Phi) is 3.61. The summed E-state index contributed by atoms with van der Waals surface area (Å²) >= 11 is 0. The molecule has 6 nitrogen and oxygen atoms in total. The SMILES string of the molecule is Cc1cc(CNC(=O)c2ccccc2C(=O)O)on1. The third-order valence-corrected chi connectivity index (χ3v) is 2.50. The number of nitrogens with one attached hydrogen (secondary N) is 1. The molecule has 6 heteroatoms. The van der Waals surface area contributed by atoms with E-state index >= 15 is 0 Å². The van der Waals surface area contributed by atoms with Crippen molar-refractivity contribution in [3.63, 3.8) is 0 Å². The Hall–Kier alpha value is -2.63. The van der Waals surface area contributed by atoms with Crippen LogP contribution in [0.3, 0.4) is 0 Å². The van der Waals surface area contributed by atoms with Crippen molar-refractivity contribution in [3.05, 3.63) is 52.9 Å². The van der Waals surface area contributed by atoms with Gasteiger partial charge in [-0.2, -0.15) is 0 Å². The summed E-state index contributed by atoms with van der Waals surface area (Å²) in [7, 11) is 0. The van der Waals surface area contributed by atoms with E-state index in [-0.39, 0.29) is 17.7 Å². The molecule has 0 bridgehead atoms. The number of aromatic nitrogens is 1. The fraction of sp³-hybridized carbons (Fsp3) is 0.154. The molecule has 0 aliphatic carbocycles. The largest absolute Gasteiger partial charge is 0.478 e. The quantitative estimate of drug-likeness (QED) is 0.871. The zero-order valence-corrected chi connectivity index (χ0v) is 10.2. The van der Waals surface area contributed by atoms with Crippen LogP contribution in [0.15, 0.2) is 34.9 Å². The van der Waals surface area contributed by atoms with Gasteiger partial charge in [0.1, 0.15) is 0 Å². The first-order valence-corrected chi connectivity index (χ1v) is 5.60. The normalized spacial score (nSPS) is 10.2. The highest BCUT2D eigenvalue weighted by Crippen LogP contribution is 2.09. The zero-order chi connectivity index (χ0) is 13.8. The van der Waals surface area contributed by atoms with E-state index in [2.05, 4.69) is 10.5 Å². The summed E-state index contributed by atoms with van der Waals surface area (Å²) in [5, 5.41) is 15.3. The van der Waals surface area contributed by atoms with E-state index in [1.54, 1.807) is 25.1 Å². The molecule has 0 radical (unpaired) electrons. The fourth-order valence-electron chi connectivity index (χ4n) is 1.63. The molecule has 19 heavy (non-hydrogen) atoms. The van der Waals surface area contributed by atoms with Crippen molar-refractivity contribution in [2.45, 2.75) is 13.5 Å². The minimum absolute atomic E-state index is 0.0336. The number of aryl methyl sites for hydroxylation is 1. The van der Waals surface area contributed by atoms with Gasteiger partial charge in [-0.25, -0.2) is 4.79 Å². The third-order valence-electron chi connectivity index (χ3n) is 2.50. The molecular formula is C13H12N2O4. The Labute approximate surface area is 109 Å². The second kappa shape index (κ2) is 5.34. The van der Waals surface area contributed by atoms with E-state index in [0.29, 0.717) is 5.76 Å². The topological polar surface area (TPSA) is 92.4 Å². The number of benzene rings is 1. The van der Waals surface area contributed by atoms with E-state index in [1.165, 1.54) is 12.1 Å². The maximum Gasteiger partial charge on any atom is 0.336 e. The van der Waals surface area contributed by atoms with Crippen molar-refractivity contribution in [3.8, 4) is 0 Å². The fourth-order valence-corrected chi connectivity index (χ4v) is 1.63. The summed E-state index contributed by atoms with van der Waals surface area (Å²) < 4.78 is 4.95. The molecule has 1 aromatic carbocycles. The van der Waals surface area contributed by atoms with E-state index in [4.69, 9.17) is 9.63 Å². The molecule has 0 aliphatic rings. The second-order valence-electron chi connectivity index (χ2n) is 3.97. The molecule has 2 rings (SSSR count). The molecule has 1 heterocycles. The standard InChI is InChI=1S/C13H12N2O4/c1-8-6-9(19-15-8)7-14-12(16)10-4-2-3-5-11(10)13(17)18/h2-6H,7H2,1H3,(H,14,16)(H,17,18). The number of carboxylic acids is 1. The maximum atomic E-state index is 11.9. The second-order valence-corrected chi connectivity index (χ2v) is 3.97. The molecule has 0 spiro atoms. The number of nitrogens with zero attached hydrogens (tertiary/aromatic N) is 1. The van der Waals surface area contributed by atoms with Crippen LogP contribution in [0.4, 0.5) is 0 Å². The molecule has 0 aliphatic heterocycles. The van der Waals surface area contributed by atoms with Gasteiger partial charge in [-0.3, -0.25) is 4.79 Å². The van der Waals surface area contributed by atoms with E-state index in [9.17, 15) is 9.59 Å². The zero-order valence-electron chi connectivity index (χ0n) is 10.2. The summed E-state index contributed by atoms with van der Waals surface area (Å²) in [6.45, 7) is 1.93. The minimum Gasteiger partial charge on any atom is -0.478 e. The molecule has 2 N–H and O–H groups in total. The van der Waals surface area contributed by atoms with E-state index < -0.39 is 11.9 Å². The Morgan fingerprint density at radius 1 is 1.32 bits per heavy atom. The highest BCUT2D eigenvalue weighted by atomic mass is 16.5. The van der Waals surface area contributed by atoms with Crippen LogP contribution in [0, 0.1) is 6.92 Å². The molecule has 1 aromatic heterocycles. The Morgan fingerprint density at radius 2 is 2.00 bits per heavy atom. The van der Waals surface area contributed by atoms with Crippen molar-refractivity contribution < 1.29 is 19.2 Å². The van der Waals surface area contributed by atoms with Crippen molar-refractivity contribution in [2.75, 3.05) is 0 Å². The van der Waals surface area contributed by atoms with Crippen LogP contribution >= 0.6 is 0 Å². The maximum absolute atomic E-state index is 11.9. The first kappa shape index (κ1) is 12.8. The predicted octanol–water partition coefficient (Wildman–Crippen LogP) is 1.61. The minimum atomic E-state index is -1.14. The molecule has 2 aromatic rings. The van der Waals surface area contributed by atoms with Crippen LogP contribution in [0.25, 0.3) is 0 Å². The third kappa shape index (κ3) is 2.98. The van der Waals surface area contributed by atoms with Gasteiger partial charge in [0.2, 0.25) is 0 Å². The van der Waals surface area contributed by atoms with Crippen LogP contribution in [-0.4, -0.2) is 22.1 Å². The molecular weight excluding hydrogens is 248 g/mol. The lowest BCUT2D eigenvalue weighted by atomic mass is 10.1. The van der Waals surface area contributed by atoms with Crippen LogP contribution in [0.2, 0.25) is 0 Å². The van der Waals surface area contributed by atoms with Gasteiger partial charge >= 0.3 is 5.97 Å². The monoisotopic (exact) mass is 260 g/mol. The average Bonchev–Trinajstić information content (AvgIpc) is 2.81. The van der Waals surface area contributed by atoms with E-state index in [0.717, 1.165) is 5.69 Å². The Bertz CT molecular complexity index is 619. The smallest absolute Gasteiger partial charge is 0.336 e. The summed E-state index contributed by atoms with van der Waals surface area (Å²) in [6, 6.07) is 7.73. The molecule has 1 amide bonds. The summed E-state index contributed by atoms with van der Waals surface area (Å²) in [5.74, 6) is -1.09. The number of carbonyl (C=O) groups excluding carboxylic acids is 1. The first-order valence-electron chi connectivity index (χ1n) is 5.60. The van der Waals surface area contributed by atoms with Gasteiger partial charge in [0.25, 0.3) is 5.91 Å². The van der Waals surface area contributed by atoms with Crippen molar-refractivity contribution in [1.29, 1.82) is 0 Å². The van der Waals surface area contributed by atoms with Gasteiger partial charge in [-0.1, -0.05) is 17.3 Å². The number of amides is 1. The summed E-state index contributed by atoms with van der Waals surface area (Å²) in [4.78, 5) is 22.9. The van der Waals surface area contributed by atoms with Gasteiger partial charge in [0.05, 0.1) is 23.4 Å². The average molecular weight is 260 g/mol. The number of carboxylic acid groups (broad SMARTS) is 1. The summed E-state index contributed by atoms with van der Waals surface area (Å²) in [6.07, 6.45) is 0. The predicted molar refractivity (Wildman–Crippen MR) is 65.8 cm³/mol. The van der Waals surface area contributed by atoms with Crippen molar-refractivity contribution in [2.24, 2.45) is 0 Å². The lowest BCUT2D eigenvalue weighted by molar-refractivity contribution is 0.0691. The lowest BCUT2D eigenvalue weighted by Gasteiger charge is -2.05. The van der Waals surface area contributed by atoms with Gasteiger partial charge in [-0.05, 0) is 19.1 Å². The number of aromatic carboxylic acids is 1. The van der Waals surface area contributed by atoms with Crippen LogP contribution in [0.1, 0.15) is 32.2 Å². The molecule has 0 saturated carbocycles. The Morgan fingerprint density at radius 3 is 2.58 bits per heavy atom.